The number of halogens is 1. The number of hydrogen-bond acceptors (Lipinski definition) is 5. The van der Waals surface area contributed by atoms with Crippen LogP contribution >= 0.6 is 11.8 Å². The van der Waals surface area contributed by atoms with Crippen molar-refractivity contribution in [3.63, 3.8) is 0 Å². The standard InChI is InChI=1S/C10H15ClN4O2/c11-15-10(16)7-9(8-13-15)12-1-2-14-3-5-17-6-4-14/h7-8,12H,1-6H2. The van der Waals surface area contributed by atoms with Gasteiger partial charge >= 0.3 is 0 Å². The fraction of sp³-hybridized carbons (Fsp3) is 0.600. The summed E-state index contributed by atoms with van der Waals surface area (Å²) in [5.74, 6) is 0. The molecule has 1 N–H and O–H groups in total. The fourth-order valence-corrected chi connectivity index (χ4v) is 1.77. The summed E-state index contributed by atoms with van der Waals surface area (Å²) in [6.07, 6.45) is 1.54. The second-order valence-electron chi connectivity index (χ2n) is 3.82. The molecule has 1 saturated heterocycles. The monoisotopic (exact) mass is 258 g/mol. The van der Waals surface area contributed by atoms with Crippen molar-refractivity contribution in [3.05, 3.63) is 22.6 Å². The summed E-state index contributed by atoms with van der Waals surface area (Å²) in [5.41, 5.74) is 0.364. The van der Waals surface area contributed by atoms with Crippen molar-refractivity contribution in [1.82, 2.24) is 14.2 Å². The van der Waals surface area contributed by atoms with Gasteiger partial charge in [-0.05, 0) is 0 Å². The third kappa shape index (κ3) is 3.69. The lowest BCUT2D eigenvalue weighted by molar-refractivity contribution is 0.0398. The molecule has 1 aliphatic heterocycles. The Morgan fingerprint density at radius 2 is 2.24 bits per heavy atom. The summed E-state index contributed by atoms with van der Waals surface area (Å²) >= 11 is 5.48. The zero-order valence-electron chi connectivity index (χ0n) is 9.43. The Bertz CT molecular complexity index is 417. The maximum Gasteiger partial charge on any atom is 0.284 e. The van der Waals surface area contributed by atoms with Crippen molar-refractivity contribution in [1.29, 1.82) is 0 Å². The molecule has 0 aliphatic carbocycles. The SMILES string of the molecule is O=c1cc(NCCN2CCOCC2)cnn1Cl. The summed E-state index contributed by atoms with van der Waals surface area (Å²) in [7, 11) is 0. The molecule has 0 unspecified atom stereocenters. The van der Waals surface area contributed by atoms with E-state index in [1.54, 1.807) is 0 Å². The Hall–Kier alpha value is -1.11. The number of aromatic nitrogens is 2. The highest BCUT2D eigenvalue weighted by molar-refractivity contribution is 6.14. The molecule has 0 amide bonds. The van der Waals surface area contributed by atoms with Crippen molar-refractivity contribution >= 4 is 17.5 Å². The summed E-state index contributed by atoms with van der Waals surface area (Å²) in [6, 6.07) is 1.43. The molecule has 7 heteroatoms. The second-order valence-corrected chi connectivity index (χ2v) is 4.14. The smallest absolute Gasteiger partial charge is 0.284 e. The van der Waals surface area contributed by atoms with Crippen molar-refractivity contribution in [2.24, 2.45) is 0 Å². The number of nitrogens with one attached hydrogen (secondary N) is 1. The van der Waals surface area contributed by atoms with E-state index >= 15 is 0 Å². The van der Waals surface area contributed by atoms with Gasteiger partial charge in [-0.25, -0.2) is 0 Å². The van der Waals surface area contributed by atoms with Gasteiger partial charge in [0.15, 0.2) is 0 Å². The molecule has 1 fully saturated rings. The molecule has 17 heavy (non-hydrogen) atoms. The summed E-state index contributed by atoms with van der Waals surface area (Å²) < 4.78 is 6.05. The van der Waals surface area contributed by atoms with Gasteiger partial charge in [0, 0.05) is 44.0 Å². The average Bonchev–Trinajstić information content (AvgIpc) is 2.35. The lowest BCUT2D eigenvalue weighted by atomic mass is 10.4. The molecule has 0 atom stereocenters. The molecule has 6 nitrogen and oxygen atoms in total. The molecule has 1 aromatic rings. The van der Waals surface area contributed by atoms with Gasteiger partial charge in [-0.2, -0.15) is 5.10 Å². The molecular weight excluding hydrogens is 244 g/mol. The van der Waals surface area contributed by atoms with E-state index in [0.29, 0.717) is 5.69 Å². The Morgan fingerprint density at radius 3 is 2.94 bits per heavy atom. The van der Waals surface area contributed by atoms with Gasteiger partial charge in [-0.3, -0.25) is 9.69 Å². The van der Waals surface area contributed by atoms with Crippen LogP contribution in [0.15, 0.2) is 17.1 Å². The minimum Gasteiger partial charge on any atom is -0.382 e. The summed E-state index contributed by atoms with van der Waals surface area (Å²) in [5, 5.41) is 6.86. The normalized spacial score (nSPS) is 17.0. The van der Waals surface area contributed by atoms with E-state index in [0.717, 1.165) is 43.6 Å². The number of ether oxygens (including phenoxy) is 1. The summed E-state index contributed by atoms with van der Waals surface area (Å²) in [6.45, 7) is 5.21. The van der Waals surface area contributed by atoms with Crippen LogP contribution in [0.2, 0.25) is 0 Å². The van der Waals surface area contributed by atoms with Crippen molar-refractivity contribution in [2.75, 3.05) is 44.7 Å². The molecule has 0 spiro atoms. The predicted molar refractivity (Wildman–Crippen MR) is 65.5 cm³/mol. The first kappa shape index (κ1) is 12.3. The van der Waals surface area contributed by atoms with Gasteiger partial charge in [-0.1, -0.05) is 0 Å². The largest absolute Gasteiger partial charge is 0.382 e. The molecule has 1 aromatic heterocycles. The van der Waals surface area contributed by atoms with E-state index in [4.69, 9.17) is 16.5 Å². The van der Waals surface area contributed by atoms with Crippen LogP contribution < -0.4 is 10.9 Å². The van der Waals surface area contributed by atoms with Crippen LogP contribution in [0.1, 0.15) is 0 Å². The van der Waals surface area contributed by atoms with Crippen LogP contribution in [-0.4, -0.2) is 53.6 Å². The van der Waals surface area contributed by atoms with Crippen LogP contribution in [-0.2, 0) is 4.74 Å². The number of morpholine rings is 1. The highest BCUT2D eigenvalue weighted by Gasteiger charge is 2.09. The van der Waals surface area contributed by atoms with Gasteiger partial charge in [-0.15, -0.1) is 4.20 Å². The molecule has 94 valence electrons. The van der Waals surface area contributed by atoms with Crippen LogP contribution in [0.4, 0.5) is 5.69 Å². The maximum absolute atomic E-state index is 11.2. The lowest BCUT2D eigenvalue weighted by Gasteiger charge is -2.26. The Balaban J connectivity index is 1.77. The van der Waals surface area contributed by atoms with E-state index in [-0.39, 0.29) is 5.56 Å². The Labute approximate surface area is 104 Å². The highest BCUT2D eigenvalue weighted by atomic mass is 35.5. The first-order valence-electron chi connectivity index (χ1n) is 5.55. The maximum atomic E-state index is 11.2. The van der Waals surface area contributed by atoms with E-state index in [9.17, 15) is 4.79 Å². The van der Waals surface area contributed by atoms with Crippen molar-refractivity contribution < 1.29 is 4.74 Å². The zero-order valence-corrected chi connectivity index (χ0v) is 10.2. The van der Waals surface area contributed by atoms with Gasteiger partial charge < -0.3 is 10.1 Å². The molecule has 0 saturated carbocycles. The summed E-state index contributed by atoms with van der Waals surface area (Å²) in [4.78, 5) is 13.5. The Kier molecular flexibility index (Phi) is 4.36. The molecule has 0 aromatic carbocycles. The molecule has 2 rings (SSSR count). The zero-order chi connectivity index (χ0) is 12.1. The molecule has 1 aliphatic rings. The van der Waals surface area contributed by atoms with E-state index in [2.05, 4.69) is 15.3 Å². The molecule has 2 heterocycles. The van der Waals surface area contributed by atoms with Gasteiger partial charge in [0.25, 0.3) is 5.56 Å². The predicted octanol–water partition coefficient (Wildman–Crippen LogP) is -0.0107. The van der Waals surface area contributed by atoms with E-state index in [1.807, 2.05) is 0 Å². The van der Waals surface area contributed by atoms with Crippen LogP contribution in [0.25, 0.3) is 0 Å². The Morgan fingerprint density at radius 1 is 1.47 bits per heavy atom. The third-order valence-corrected chi connectivity index (χ3v) is 2.87. The average molecular weight is 259 g/mol. The van der Waals surface area contributed by atoms with E-state index in [1.165, 1.54) is 12.3 Å². The first-order chi connectivity index (χ1) is 8.25. The van der Waals surface area contributed by atoms with Crippen molar-refractivity contribution in [2.45, 2.75) is 0 Å². The van der Waals surface area contributed by atoms with Crippen LogP contribution in [0, 0.1) is 0 Å². The fourth-order valence-electron chi connectivity index (χ4n) is 1.67. The topological polar surface area (TPSA) is 59.4 Å². The quantitative estimate of drug-likeness (QED) is 0.823. The first-order valence-corrected chi connectivity index (χ1v) is 5.89. The second kappa shape index (κ2) is 6.00. The molecular formula is C10H15ClN4O2. The van der Waals surface area contributed by atoms with Gasteiger partial charge in [0.05, 0.1) is 25.1 Å². The minimum absolute atomic E-state index is 0.331. The number of nitrogens with zero attached hydrogens (tertiary/aromatic N) is 3. The van der Waals surface area contributed by atoms with E-state index < -0.39 is 0 Å². The lowest BCUT2D eigenvalue weighted by Crippen LogP contribution is -2.39. The third-order valence-electron chi connectivity index (χ3n) is 2.62. The van der Waals surface area contributed by atoms with Crippen LogP contribution in [0.5, 0.6) is 0 Å². The van der Waals surface area contributed by atoms with Gasteiger partial charge in [0.2, 0.25) is 0 Å². The van der Waals surface area contributed by atoms with Crippen molar-refractivity contribution in [3.8, 4) is 0 Å². The molecule has 0 radical (unpaired) electrons. The van der Waals surface area contributed by atoms with Crippen LogP contribution in [0.3, 0.4) is 0 Å². The van der Waals surface area contributed by atoms with Gasteiger partial charge in [0.1, 0.15) is 0 Å². The number of anilines is 1. The number of hydrogen-bond donors (Lipinski definition) is 1. The minimum atomic E-state index is -0.331. The molecule has 0 bridgehead atoms. The highest BCUT2D eigenvalue weighted by Crippen LogP contribution is 2.01. The number of rotatable bonds is 4.